The molecule has 0 amide bonds. The first-order valence-corrected chi connectivity index (χ1v) is 5.51. The van der Waals surface area contributed by atoms with Gasteiger partial charge in [0, 0.05) is 19.5 Å². The van der Waals surface area contributed by atoms with E-state index in [1.54, 1.807) is 17.1 Å². The van der Waals surface area contributed by atoms with Crippen LogP contribution in [0.5, 0.6) is 0 Å². The molecule has 1 atom stereocenters. The number of nitrogens with zero attached hydrogens (tertiary/aromatic N) is 2. The van der Waals surface area contributed by atoms with Crippen LogP contribution in [0.1, 0.15) is 23.9 Å². The molecule has 0 radical (unpaired) electrons. The zero-order valence-corrected chi connectivity index (χ0v) is 9.81. The fourth-order valence-electron chi connectivity index (χ4n) is 1.73. The molecule has 16 heavy (non-hydrogen) atoms. The summed E-state index contributed by atoms with van der Waals surface area (Å²) in [6.07, 6.45) is 4.87. The van der Waals surface area contributed by atoms with Gasteiger partial charge in [-0.25, -0.2) is 0 Å². The highest BCUT2D eigenvalue weighted by Crippen LogP contribution is 2.23. The predicted molar refractivity (Wildman–Crippen MR) is 62.2 cm³/mol. The number of furan rings is 1. The van der Waals surface area contributed by atoms with Crippen LogP contribution in [0.2, 0.25) is 5.02 Å². The number of hydrogen-bond donors (Lipinski definition) is 1. The zero-order chi connectivity index (χ0) is 11.5. The maximum atomic E-state index is 6.07. The van der Waals surface area contributed by atoms with E-state index < -0.39 is 0 Å². The molecule has 2 aromatic rings. The van der Waals surface area contributed by atoms with Gasteiger partial charge in [-0.1, -0.05) is 11.6 Å². The number of aromatic nitrogens is 2. The first-order chi connectivity index (χ1) is 7.68. The van der Waals surface area contributed by atoms with Crippen LogP contribution in [-0.2, 0) is 13.5 Å². The van der Waals surface area contributed by atoms with Crippen molar-refractivity contribution in [2.75, 3.05) is 0 Å². The number of aryl methyl sites for hydroxylation is 2. The summed E-state index contributed by atoms with van der Waals surface area (Å²) in [6, 6.07) is 3.69. The Morgan fingerprint density at radius 1 is 1.62 bits per heavy atom. The van der Waals surface area contributed by atoms with E-state index in [1.807, 2.05) is 19.2 Å². The highest BCUT2D eigenvalue weighted by atomic mass is 35.5. The topological polar surface area (TPSA) is 57.0 Å². The molecule has 1 unspecified atom stereocenters. The van der Waals surface area contributed by atoms with Crippen LogP contribution in [-0.4, -0.2) is 9.78 Å². The van der Waals surface area contributed by atoms with Crippen molar-refractivity contribution >= 4 is 11.6 Å². The van der Waals surface area contributed by atoms with Gasteiger partial charge in [0.2, 0.25) is 0 Å². The molecule has 0 aliphatic carbocycles. The van der Waals surface area contributed by atoms with Crippen molar-refractivity contribution in [3.8, 4) is 0 Å². The largest absolute Gasteiger partial charge is 0.469 e. The summed E-state index contributed by atoms with van der Waals surface area (Å²) in [5.41, 5.74) is 6.94. The SMILES string of the molecule is Cn1ncc(Cl)c1C(N)CCc1ccco1. The Morgan fingerprint density at radius 2 is 2.44 bits per heavy atom. The van der Waals surface area contributed by atoms with Gasteiger partial charge in [0.05, 0.1) is 23.2 Å². The highest BCUT2D eigenvalue weighted by molar-refractivity contribution is 6.31. The monoisotopic (exact) mass is 239 g/mol. The molecule has 2 aromatic heterocycles. The highest BCUT2D eigenvalue weighted by Gasteiger charge is 2.15. The van der Waals surface area contributed by atoms with E-state index in [-0.39, 0.29) is 6.04 Å². The van der Waals surface area contributed by atoms with E-state index in [9.17, 15) is 0 Å². The van der Waals surface area contributed by atoms with Crippen molar-refractivity contribution in [3.63, 3.8) is 0 Å². The van der Waals surface area contributed by atoms with E-state index >= 15 is 0 Å². The standard InChI is InChI=1S/C11H14ClN3O/c1-15-11(9(12)7-14-15)10(13)5-4-8-3-2-6-16-8/h2-3,6-7,10H,4-5,13H2,1H3. The predicted octanol–water partition coefficient (Wildman–Crippen LogP) is 2.30. The van der Waals surface area contributed by atoms with Crippen molar-refractivity contribution in [3.05, 3.63) is 41.1 Å². The van der Waals surface area contributed by atoms with E-state index in [1.165, 1.54) is 0 Å². The Labute approximate surface area is 99.0 Å². The second-order valence-corrected chi connectivity index (χ2v) is 4.13. The Balaban J connectivity index is 2.01. The molecule has 0 aliphatic heterocycles. The zero-order valence-electron chi connectivity index (χ0n) is 9.06. The van der Waals surface area contributed by atoms with Gasteiger partial charge in [-0.3, -0.25) is 4.68 Å². The molecule has 0 aromatic carbocycles. The number of hydrogen-bond acceptors (Lipinski definition) is 3. The lowest BCUT2D eigenvalue weighted by Crippen LogP contribution is -2.15. The number of halogens is 1. The van der Waals surface area contributed by atoms with E-state index in [0.29, 0.717) is 5.02 Å². The maximum absolute atomic E-state index is 6.07. The van der Waals surface area contributed by atoms with Crippen LogP contribution < -0.4 is 5.73 Å². The molecule has 0 aliphatic rings. The fourth-order valence-corrected chi connectivity index (χ4v) is 2.03. The van der Waals surface area contributed by atoms with Gasteiger partial charge in [-0.15, -0.1) is 0 Å². The van der Waals surface area contributed by atoms with Gasteiger partial charge in [-0.05, 0) is 18.6 Å². The molecule has 2 N–H and O–H groups in total. The molecule has 0 spiro atoms. The van der Waals surface area contributed by atoms with Crippen molar-refractivity contribution in [1.82, 2.24) is 9.78 Å². The van der Waals surface area contributed by atoms with Crippen LogP contribution in [0.25, 0.3) is 0 Å². The summed E-state index contributed by atoms with van der Waals surface area (Å²) in [7, 11) is 1.84. The van der Waals surface area contributed by atoms with Gasteiger partial charge in [0.25, 0.3) is 0 Å². The summed E-state index contributed by atoms with van der Waals surface area (Å²) < 4.78 is 6.97. The molecule has 4 nitrogen and oxygen atoms in total. The maximum Gasteiger partial charge on any atom is 0.103 e. The van der Waals surface area contributed by atoms with Crippen molar-refractivity contribution in [1.29, 1.82) is 0 Å². The molecule has 0 bridgehead atoms. The average Bonchev–Trinajstić information content (AvgIpc) is 2.86. The number of nitrogens with two attached hydrogens (primary N) is 1. The van der Waals surface area contributed by atoms with Gasteiger partial charge in [0.15, 0.2) is 0 Å². The molecule has 86 valence electrons. The summed E-state index contributed by atoms with van der Waals surface area (Å²) in [6.45, 7) is 0. The summed E-state index contributed by atoms with van der Waals surface area (Å²) >= 11 is 6.01. The van der Waals surface area contributed by atoms with E-state index in [0.717, 1.165) is 24.3 Å². The van der Waals surface area contributed by atoms with Crippen LogP contribution in [0.3, 0.4) is 0 Å². The Hall–Kier alpha value is -1.26. The van der Waals surface area contributed by atoms with Crippen molar-refractivity contribution in [2.24, 2.45) is 12.8 Å². The molecule has 0 saturated carbocycles. The third kappa shape index (κ3) is 2.28. The minimum atomic E-state index is -0.120. The Kier molecular flexibility index (Phi) is 3.31. The molecule has 2 heterocycles. The van der Waals surface area contributed by atoms with Gasteiger partial charge < -0.3 is 10.2 Å². The molecule has 0 saturated heterocycles. The van der Waals surface area contributed by atoms with Gasteiger partial charge >= 0.3 is 0 Å². The molecular weight excluding hydrogens is 226 g/mol. The molecular formula is C11H14ClN3O. The van der Waals surface area contributed by atoms with Crippen molar-refractivity contribution in [2.45, 2.75) is 18.9 Å². The molecule has 0 fully saturated rings. The van der Waals surface area contributed by atoms with Gasteiger partial charge in [-0.2, -0.15) is 5.10 Å². The second-order valence-electron chi connectivity index (χ2n) is 3.73. The first-order valence-electron chi connectivity index (χ1n) is 5.14. The number of rotatable bonds is 4. The fraction of sp³-hybridized carbons (Fsp3) is 0.364. The van der Waals surface area contributed by atoms with Crippen LogP contribution in [0.15, 0.2) is 29.0 Å². The molecule has 5 heteroatoms. The third-order valence-corrected chi connectivity index (χ3v) is 2.86. The van der Waals surface area contributed by atoms with Gasteiger partial charge in [0.1, 0.15) is 5.76 Å². The lowest BCUT2D eigenvalue weighted by molar-refractivity contribution is 0.481. The van der Waals surface area contributed by atoms with E-state index in [2.05, 4.69) is 5.10 Å². The summed E-state index contributed by atoms with van der Waals surface area (Å²) in [4.78, 5) is 0. The van der Waals surface area contributed by atoms with E-state index in [4.69, 9.17) is 21.8 Å². The lowest BCUT2D eigenvalue weighted by atomic mass is 10.1. The third-order valence-electron chi connectivity index (χ3n) is 2.57. The Bertz CT molecular complexity index is 430. The van der Waals surface area contributed by atoms with Crippen LogP contribution in [0, 0.1) is 0 Å². The summed E-state index contributed by atoms with van der Waals surface area (Å²) in [5.74, 6) is 0.939. The van der Waals surface area contributed by atoms with Crippen molar-refractivity contribution < 1.29 is 4.42 Å². The second kappa shape index (κ2) is 4.72. The normalized spacial score (nSPS) is 12.9. The first kappa shape index (κ1) is 11.2. The smallest absolute Gasteiger partial charge is 0.103 e. The van der Waals surface area contributed by atoms with Crippen LogP contribution in [0.4, 0.5) is 0 Å². The Morgan fingerprint density at radius 3 is 3.00 bits per heavy atom. The minimum Gasteiger partial charge on any atom is -0.469 e. The minimum absolute atomic E-state index is 0.120. The van der Waals surface area contributed by atoms with Crippen LogP contribution >= 0.6 is 11.6 Å². The lowest BCUT2D eigenvalue weighted by Gasteiger charge is -2.11. The molecule has 2 rings (SSSR count). The average molecular weight is 240 g/mol. The summed E-state index contributed by atoms with van der Waals surface area (Å²) in [5, 5.41) is 4.68. The quantitative estimate of drug-likeness (QED) is 0.891.